The molecule has 1 amide bonds. The molecule has 4 aromatic rings. The van der Waals surface area contributed by atoms with Crippen molar-refractivity contribution in [3.05, 3.63) is 89.2 Å². The van der Waals surface area contributed by atoms with Crippen molar-refractivity contribution < 1.29 is 9.53 Å². The van der Waals surface area contributed by atoms with Gasteiger partial charge in [-0.2, -0.15) is 0 Å². The summed E-state index contributed by atoms with van der Waals surface area (Å²) in [6, 6.07) is 24.5. The third-order valence-corrected chi connectivity index (χ3v) is 8.49. The van der Waals surface area contributed by atoms with Crippen LogP contribution in [0.2, 0.25) is 5.02 Å². The van der Waals surface area contributed by atoms with Crippen LogP contribution in [0.15, 0.2) is 72.8 Å². The first kappa shape index (κ1) is 26.7. The largest absolute Gasteiger partial charge is 0.497 e. The van der Waals surface area contributed by atoms with Gasteiger partial charge in [0.25, 0.3) is 0 Å². The topological polar surface area (TPSA) is 53.8 Å². The summed E-state index contributed by atoms with van der Waals surface area (Å²) in [5.74, 6) is 2.24. The number of hydrogen-bond donors (Lipinski definition) is 0. The summed E-state index contributed by atoms with van der Waals surface area (Å²) in [6.45, 7) is 6.46. The van der Waals surface area contributed by atoms with Crippen LogP contribution in [0.5, 0.6) is 5.75 Å². The number of anilines is 1. The van der Waals surface area contributed by atoms with Crippen molar-refractivity contribution in [3.8, 4) is 5.75 Å². The monoisotopic (exact) mass is 557 g/mol. The number of hydrogen-bond acceptors (Lipinski definition) is 5. The number of halogens is 1. The predicted octanol–water partition coefficient (Wildman–Crippen LogP) is 5.31. The van der Waals surface area contributed by atoms with E-state index in [1.807, 2.05) is 30.3 Å². The van der Waals surface area contributed by atoms with Gasteiger partial charge in [0.05, 0.1) is 30.6 Å². The zero-order valence-corrected chi connectivity index (χ0v) is 23.8. The molecule has 208 valence electrons. The third-order valence-electron chi connectivity index (χ3n) is 8.24. The number of methoxy groups -OCH3 is 1. The van der Waals surface area contributed by atoms with Crippen molar-refractivity contribution in [2.75, 3.05) is 51.3 Å². The molecule has 7 nitrogen and oxygen atoms in total. The lowest BCUT2D eigenvalue weighted by Gasteiger charge is -2.39. The standard InChI is InChI=1S/C32H36ClN5O2/c1-40-28-14-8-24(9-15-28)21-38-30-7-3-2-6-29(30)34-31(38)23-35-16-4-5-25(22-35)32(39)37-19-17-36(18-20-37)27-12-10-26(33)11-13-27/h2-3,6-15,25H,4-5,16-23H2,1H3/t25-/m0/s1. The molecule has 2 aliphatic heterocycles. The van der Waals surface area contributed by atoms with Crippen LogP contribution in [0.4, 0.5) is 5.69 Å². The normalized spacial score (nSPS) is 18.3. The van der Waals surface area contributed by atoms with Gasteiger partial charge < -0.3 is 19.1 Å². The van der Waals surface area contributed by atoms with E-state index in [2.05, 4.69) is 61.7 Å². The van der Waals surface area contributed by atoms with Gasteiger partial charge in [-0.1, -0.05) is 35.9 Å². The first-order valence-electron chi connectivity index (χ1n) is 14.2. The summed E-state index contributed by atoms with van der Waals surface area (Å²) >= 11 is 6.06. The lowest BCUT2D eigenvalue weighted by atomic mass is 9.96. The van der Waals surface area contributed by atoms with Crippen molar-refractivity contribution in [1.82, 2.24) is 19.4 Å². The number of imidazole rings is 1. The molecule has 0 spiro atoms. The average molecular weight is 558 g/mol. The lowest BCUT2D eigenvalue weighted by Crippen LogP contribution is -2.52. The Morgan fingerprint density at radius 2 is 1.68 bits per heavy atom. The quantitative estimate of drug-likeness (QED) is 0.308. The van der Waals surface area contributed by atoms with Crippen LogP contribution < -0.4 is 9.64 Å². The van der Waals surface area contributed by atoms with Crippen LogP contribution >= 0.6 is 11.6 Å². The van der Waals surface area contributed by atoms with Gasteiger partial charge in [0.15, 0.2) is 0 Å². The number of piperidine rings is 1. The van der Waals surface area contributed by atoms with E-state index in [0.717, 1.165) is 98.5 Å². The number of carbonyl (C=O) groups excluding carboxylic acids is 1. The zero-order valence-electron chi connectivity index (χ0n) is 23.0. The molecule has 0 aliphatic carbocycles. The van der Waals surface area contributed by atoms with E-state index >= 15 is 0 Å². The number of carbonyl (C=O) groups is 1. The van der Waals surface area contributed by atoms with E-state index in [4.69, 9.17) is 21.3 Å². The minimum absolute atomic E-state index is 0.0373. The van der Waals surface area contributed by atoms with Crippen molar-refractivity contribution >= 4 is 34.2 Å². The summed E-state index contributed by atoms with van der Waals surface area (Å²) < 4.78 is 7.66. The number of ether oxygens (including phenoxy) is 1. The number of fused-ring (bicyclic) bond motifs is 1. The first-order valence-corrected chi connectivity index (χ1v) is 14.5. The number of benzene rings is 3. The highest BCUT2D eigenvalue weighted by Gasteiger charge is 2.31. The third kappa shape index (κ3) is 5.81. The van der Waals surface area contributed by atoms with Crippen LogP contribution in [0.25, 0.3) is 11.0 Å². The molecule has 2 aliphatic rings. The van der Waals surface area contributed by atoms with Crippen LogP contribution in [-0.4, -0.2) is 71.6 Å². The molecule has 3 aromatic carbocycles. The summed E-state index contributed by atoms with van der Waals surface area (Å²) in [6.07, 6.45) is 1.98. The van der Waals surface area contributed by atoms with Gasteiger partial charge in [-0.15, -0.1) is 0 Å². The second-order valence-corrected chi connectivity index (χ2v) is 11.3. The molecule has 8 heteroatoms. The van der Waals surface area contributed by atoms with E-state index in [1.165, 1.54) is 5.56 Å². The van der Waals surface area contributed by atoms with E-state index < -0.39 is 0 Å². The maximum Gasteiger partial charge on any atom is 0.227 e. The lowest BCUT2D eigenvalue weighted by molar-refractivity contribution is -0.137. The fourth-order valence-electron chi connectivity index (χ4n) is 6.03. The number of para-hydroxylation sites is 2. The van der Waals surface area contributed by atoms with Crippen molar-refractivity contribution in [2.45, 2.75) is 25.9 Å². The number of likely N-dealkylation sites (tertiary alicyclic amines) is 1. The maximum atomic E-state index is 13.6. The Hall–Kier alpha value is -3.55. The number of nitrogens with zero attached hydrogens (tertiary/aromatic N) is 5. The highest BCUT2D eigenvalue weighted by atomic mass is 35.5. The molecule has 0 radical (unpaired) electrons. The molecular formula is C32H36ClN5O2. The van der Waals surface area contributed by atoms with Gasteiger partial charge in [0, 0.05) is 50.0 Å². The Kier molecular flexibility index (Phi) is 7.93. The maximum absolute atomic E-state index is 13.6. The van der Waals surface area contributed by atoms with Gasteiger partial charge in [0.2, 0.25) is 5.91 Å². The second-order valence-electron chi connectivity index (χ2n) is 10.8. The minimum atomic E-state index is 0.0373. The minimum Gasteiger partial charge on any atom is -0.497 e. The van der Waals surface area contributed by atoms with Crippen LogP contribution in [0, 0.1) is 5.92 Å². The van der Waals surface area contributed by atoms with Gasteiger partial charge in [0.1, 0.15) is 11.6 Å². The van der Waals surface area contributed by atoms with Crippen molar-refractivity contribution in [1.29, 1.82) is 0 Å². The van der Waals surface area contributed by atoms with Crippen LogP contribution in [0.1, 0.15) is 24.2 Å². The molecule has 0 bridgehead atoms. The predicted molar refractivity (Wildman–Crippen MR) is 160 cm³/mol. The van der Waals surface area contributed by atoms with E-state index in [0.29, 0.717) is 5.91 Å². The van der Waals surface area contributed by atoms with Crippen LogP contribution in [-0.2, 0) is 17.9 Å². The fourth-order valence-corrected chi connectivity index (χ4v) is 6.16. The molecule has 3 heterocycles. The molecule has 2 fully saturated rings. The highest BCUT2D eigenvalue weighted by molar-refractivity contribution is 6.30. The molecule has 0 N–H and O–H groups in total. The molecule has 0 saturated carbocycles. The van der Waals surface area contributed by atoms with E-state index in [-0.39, 0.29) is 5.92 Å². The molecule has 2 saturated heterocycles. The molecular weight excluding hydrogens is 522 g/mol. The Labute approximate surface area is 240 Å². The highest BCUT2D eigenvalue weighted by Crippen LogP contribution is 2.25. The number of aromatic nitrogens is 2. The Bertz CT molecular complexity index is 1440. The molecule has 1 aromatic heterocycles. The van der Waals surface area contributed by atoms with Crippen molar-refractivity contribution in [2.24, 2.45) is 5.92 Å². The van der Waals surface area contributed by atoms with Crippen LogP contribution in [0.3, 0.4) is 0 Å². The number of amides is 1. The fraction of sp³-hybridized carbons (Fsp3) is 0.375. The smallest absolute Gasteiger partial charge is 0.227 e. The van der Waals surface area contributed by atoms with Gasteiger partial charge in [-0.25, -0.2) is 4.98 Å². The Balaban J connectivity index is 1.12. The second kappa shape index (κ2) is 11.9. The van der Waals surface area contributed by atoms with Crippen molar-refractivity contribution in [3.63, 3.8) is 0 Å². The summed E-state index contributed by atoms with van der Waals surface area (Å²) in [7, 11) is 1.69. The Morgan fingerprint density at radius 3 is 2.42 bits per heavy atom. The Morgan fingerprint density at radius 1 is 0.925 bits per heavy atom. The summed E-state index contributed by atoms with van der Waals surface area (Å²) in [5.41, 5.74) is 4.51. The van der Waals surface area contributed by atoms with E-state index in [9.17, 15) is 4.79 Å². The number of rotatable bonds is 7. The van der Waals surface area contributed by atoms with E-state index in [1.54, 1.807) is 7.11 Å². The summed E-state index contributed by atoms with van der Waals surface area (Å²) in [4.78, 5) is 25.4. The molecule has 1 atom stereocenters. The molecule has 0 unspecified atom stereocenters. The number of piperazine rings is 1. The molecule has 6 rings (SSSR count). The average Bonchev–Trinajstić information content (AvgIpc) is 3.34. The SMILES string of the molecule is COc1ccc(Cn2c(CN3CCC[C@H](C(=O)N4CCN(c5ccc(Cl)cc5)CC4)C3)nc3ccccc32)cc1. The zero-order chi connectivity index (χ0) is 27.5. The summed E-state index contributed by atoms with van der Waals surface area (Å²) in [5, 5.41) is 0.746. The van der Waals surface area contributed by atoms with Gasteiger partial charge in [-0.3, -0.25) is 9.69 Å². The van der Waals surface area contributed by atoms with Gasteiger partial charge in [-0.05, 0) is 73.5 Å². The molecule has 40 heavy (non-hydrogen) atoms. The van der Waals surface area contributed by atoms with Gasteiger partial charge >= 0.3 is 0 Å². The first-order chi connectivity index (χ1) is 19.6.